The van der Waals surface area contributed by atoms with Crippen LogP contribution in [-0.2, 0) is 6.54 Å². The van der Waals surface area contributed by atoms with Gasteiger partial charge in [-0.2, -0.15) is 0 Å². The van der Waals surface area contributed by atoms with E-state index in [1.54, 1.807) is 12.4 Å². The molecule has 0 atom stereocenters. The molecular formula is C14H16ClN3. The monoisotopic (exact) mass is 261 g/mol. The lowest BCUT2D eigenvalue weighted by atomic mass is 10.1. The SMILES string of the molecule is CC(C)NCc1ccc(-c2cncnc2)c(Cl)c1. The smallest absolute Gasteiger partial charge is 0.115 e. The third-order valence-electron chi connectivity index (χ3n) is 2.62. The Morgan fingerprint density at radius 3 is 2.56 bits per heavy atom. The number of benzene rings is 1. The standard InChI is InChI=1S/C14H16ClN3/c1-10(2)18-6-11-3-4-13(14(15)5-11)12-7-16-9-17-8-12/h3-5,7-10,18H,6H2,1-2H3. The van der Waals surface area contributed by atoms with Crippen molar-refractivity contribution in [3.63, 3.8) is 0 Å². The number of halogens is 1. The number of hydrogen-bond donors (Lipinski definition) is 1. The first kappa shape index (κ1) is 13.0. The van der Waals surface area contributed by atoms with Gasteiger partial charge in [0.1, 0.15) is 6.33 Å². The maximum absolute atomic E-state index is 6.30. The van der Waals surface area contributed by atoms with Crippen LogP contribution in [0.15, 0.2) is 36.9 Å². The van der Waals surface area contributed by atoms with Gasteiger partial charge in [-0.15, -0.1) is 0 Å². The van der Waals surface area contributed by atoms with Gasteiger partial charge in [0, 0.05) is 41.1 Å². The Kier molecular flexibility index (Phi) is 4.28. The number of aromatic nitrogens is 2. The van der Waals surface area contributed by atoms with Crippen molar-refractivity contribution in [2.24, 2.45) is 0 Å². The molecule has 0 unspecified atom stereocenters. The first-order valence-corrected chi connectivity index (χ1v) is 6.32. The van der Waals surface area contributed by atoms with Gasteiger partial charge in [0.15, 0.2) is 0 Å². The van der Waals surface area contributed by atoms with E-state index in [0.29, 0.717) is 6.04 Å². The van der Waals surface area contributed by atoms with E-state index in [0.717, 1.165) is 22.7 Å². The Balaban J connectivity index is 2.20. The molecular weight excluding hydrogens is 246 g/mol. The fraction of sp³-hybridized carbons (Fsp3) is 0.286. The fourth-order valence-corrected chi connectivity index (χ4v) is 1.98. The summed E-state index contributed by atoms with van der Waals surface area (Å²) in [6, 6.07) is 6.53. The number of nitrogens with zero attached hydrogens (tertiary/aromatic N) is 2. The summed E-state index contributed by atoms with van der Waals surface area (Å²) in [4.78, 5) is 8.00. The predicted octanol–water partition coefficient (Wildman–Crippen LogP) is 3.30. The molecule has 0 aliphatic rings. The van der Waals surface area contributed by atoms with Crippen molar-refractivity contribution in [2.45, 2.75) is 26.4 Å². The van der Waals surface area contributed by atoms with Gasteiger partial charge in [0.25, 0.3) is 0 Å². The molecule has 2 aromatic rings. The van der Waals surface area contributed by atoms with Gasteiger partial charge < -0.3 is 5.32 Å². The third kappa shape index (κ3) is 3.28. The maximum atomic E-state index is 6.30. The average molecular weight is 262 g/mol. The minimum Gasteiger partial charge on any atom is -0.310 e. The molecule has 0 aliphatic carbocycles. The molecule has 0 saturated carbocycles. The minimum atomic E-state index is 0.464. The van der Waals surface area contributed by atoms with Crippen LogP contribution in [-0.4, -0.2) is 16.0 Å². The van der Waals surface area contributed by atoms with Gasteiger partial charge in [-0.25, -0.2) is 9.97 Å². The molecule has 4 heteroatoms. The Labute approximate surface area is 112 Å². The summed E-state index contributed by atoms with van der Waals surface area (Å²) in [6.07, 6.45) is 5.04. The molecule has 94 valence electrons. The lowest BCUT2D eigenvalue weighted by molar-refractivity contribution is 0.589. The highest BCUT2D eigenvalue weighted by molar-refractivity contribution is 6.33. The molecule has 18 heavy (non-hydrogen) atoms. The first-order chi connectivity index (χ1) is 8.66. The molecule has 0 amide bonds. The van der Waals surface area contributed by atoms with Crippen molar-refractivity contribution in [2.75, 3.05) is 0 Å². The Hall–Kier alpha value is -1.45. The van der Waals surface area contributed by atoms with Crippen LogP contribution in [0.3, 0.4) is 0 Å². The molecule has 3 nitrogen and oxygen atoms in total. The molecule has 1 N–H and O–H groups in total. The van der Waals surface area contributed by atoms with Crippen LogP contribution in [0.4, 0.5) is 0 Å². The van der Waals surface area contributed by atoms with E-state index in [1.165, 1.54) is 11.9 Å². The van der Waals surface area contributed by atoms with Gasteiger partial charge in [-0.1, -0.05) is 37.6 Å². The summed E-state index contributed by atoms with van der Waals surface area (Å²) in [5, 5.41) is 4.09. The molecule has 2 rings (SSSR count). The van der Waals surface area contributed by atoms with Crippen LogP contribution in [0, 0.1) is 0 Å². The zero-order chi connectivity index (χ0) is 13.0. The largest absolute Gasteiger partial charge is 0.310 e. The third-order valence-corrected chi connectivity index (χ3v) is 2.93. The molecule has 0 fully saturated rings. The molecule has 1 heterocycles. The van der Waals surface area contributed by atoms with Crippen LogP contribution in [0.1, 0.15) is 19.4 Å². The van der Waals surface area contributed by atoms with Gasteiger partial charge >= 0.3 is 0 Å². The van der Waals surface area contributed by atoms with Gasteiger partial charge in [-0.05, 0) is 11.6 Å². The lowest BCUT2D eigenvalue weighted by Crippen LogP contribution is -2.21. The van der Waals surface area contributed by atoms with E-state index in [2.05, 4.69) is 35.2 Å². The van der Waals surface area contributed by atoms with Gasteiger partial charge in [-0.3, -0.25) is 0 Å². The first-order valence-electron chi connectivity index (χ1n) is 5.94. The second-order valence-corrected chi connectivity index (χ2v) is 4.88. The Bertz CT molecular complexity index is 512. The van der Waals surface area contributed by atoms with Crippen molar-refractivity contribution in [3.05, 3.63) is 47.5 Å². The molecule has 1 aromatic carbocycles. The number of hydrogen-bond acceptors (Lipinski definition) is 3. The zero-order valence-corrected chi connectivity index (χ0v) is 11.3. The normalized spacial score (nSPS) is 10.9. The highest BCUT2D eigenvalue weighted by Crippen LogP contribution is 2.27. The quantitative estimate of drug-likeness (QED) is 0.918. The molecule has 0 radical (unpaired) electrons. The topological polar surface area (TPSA) is 37.8 Å². The minimum absolute atomic E-state index is 0.464. The summed E-state index contributed by atoms with van der Waals surface area (Å²) in [5.74, 6) is 0. The molecule has 0 saturated heterocycles. The van der Waals surface area contributed by atoms with Crippen LogP contribution >= 0.6 is 11.6 Å². The van der Waals surface area contributed by atoms with E-state index < -0.39 is 0 Å². The van der Waals surface area contributed by atoms with Crippen LogP contribution in [0.25, 0.3) is 11.1 Å². The van der Waals surface area contributed by atoms with Crippen molar-refractivity contribution in [1.82, 2.24) is 15.3 Å². The van der Waals surface area contributed by atoms with Crippen molar-refractivity contribution in [3.8, 4) is 11.1 Å². The average Bonchev–Trinajstić information content (AvgIpc) is 2.37. The highest BCUT2D eigenvalue weighted by Gasteiger charge is 2.05. The van der Waals surface area contributed by atoms with E-state index in [4.69, 9.17) is 11.6 Å². The lowest BCUT2D eigenvalue weighted by Gasteiger charge is -2.10. The molecule has 1 aromatic heterocycles. The number of nitrogens with one attached hydrogen (secondary N) is 1. The van der Waals surface area contributed by atoms with Gasteiger partial charge in [0.05, 0.1) is 0 Å². The van der Waals surface area contributed by atoms with E-state index in [1.807, 2.05) is 12.1 Å². The highest BCUT2D eigenvalue weighted by atomic mass is 35.5. The van der Waals surface area contributed by atoms with Crippen molar-refractivity contribution < 1.29 is 0 Å². The second kappa shape index (κ2) is 5.94. The summed E-state index contributed by atoms with van der Waals surface area (Å²) in [6.45, 7) is 5.07. The predicted molar refractivity (Wildman–Crippen MR) is 74.5 cm³/mol. The summed E-state index contributed by atoms with van der Waals surface area (Å²) in [5.41, 5.74) is 3.07. The fourth-order valence-electron chi connectivity index (χ4n) is 1.66. The van der Waals surface area contributed by atoms with Crippen LogP contribution < -0.4 is 5.32 Å². The molecule has 0 aliphatic heterocycles. The maximum Gasteiger partial charge on any atom is 0.115 e. The van der Waals surface area contributed by atoms with E-state index in [9.17, 15) is 0 Å². The molecule has 0 spiro atoms. The van der Waals surface area contributed by atoms with Crippen molar-refractivity contribution >= 4 is 11.6 Å². The second-order valence-electron chi connectivity index (χ2n) is 4.48. The van der Waals surface area contributed by atoms with Gasteiger partial charge in [0.2, 0.25) is 0 Å². The Morgan fingerprint density at radius 1 is 1.22 bits per heavy atom. The Morgan fingerprint density at radius 2 is 1.94 bits per heavy atom. The summed E-state index contributed by atoms with van der Waals surface area (Å²) in [7, 11) is 0. The molecule has 0 bridgehead atoms. The van der Waals surface area contributed by atoms with Crippen LogP contribution in [0.5, 0.6) is 0 Å². The van der Waals surface area contributed by atoms with E-state index >= 15 is 0 Å². The van der Waals surface area contributed by atoms with E-state index in [-0.39, 0.29) is 0 Å². The summed E-state index contributed by atoms with van der Waals surface area (Å²) < 4.78 is 0. The number of rotatable bonds is 4. The summed E-state index contributed by atoms with van der Waals surface area (Å²) >= 11 is 6.30. The van der Waals surface area contributed by atoms with Crippen LogP contribution in [0.2, 0.25) is 5.02 Å². The van der Waals surface area contributed by atoms with Crippen molar-refractivity contribution in [1.29, 1.82) is 0 Å². The zero-order valence-electron chi connectivity index (χ0n) is 10.5.